The normalized spacial score (nSPS) is 21.7. The molecule has 0 radical (unpaired) electrons. The van der Waals surface area contributed by atoms with E-state index < -0.39 is 0 Å². The van der Waals surface area contributed by atoms with E-state index in [1.807, 2.05) is 0 Å². The van der Waals surface area contributed by atoms with Crippen molar-refractivity contribution >= 4 is 11.8 Å². The number of carbonyl (C=O) groups excluding carboxylic acids is 2. The summed E-state index contributed by atoms with van der Waals surface area (Å²) in [5.74, 6) is 1.50. The van der Waals surface area contributed by atoms with Gasteiger partial charge in [-0.25, -0.2) is 4.79 Å². The Labute approximate surface area is 145 Å². The quantitative estimate of drug-likeness (QED) is 0.567. The summed E-state index contributed by atoms with van der Waals surface area (Å²) in [6.45, 7) is 1.67. The van der Waals surface area contributed by atoms with Crippen molar-refractivity contribution in [1.82, 2.24) is 0 Å². The van der Waals surface area contributed by atoms with Gasteiger partial charge in [0.15, 0.2) is 0 Å². The van der Waals surface area contributed by atoms with Crippen LogP contribution in [0.4, 0.5) is 0 Å². The molecule has 0 aromatic heterocycles. The smallest absolute Gasteiger partial charge is 0.330 e. The highest BCUT2D eigenvalue weighted by molar-refractivity contribution is 5.82. The molecular weight excluding hydrogens is 308 g/mol. The zero-order valence-corrected chi connectivity index (χ0v) is 15.3. The fraction of sp³-hybridized carbons (Fsp3) is 0.789. The predicted molar refractivity (Wildman–Crippen MR) is 92.8 cm³/mol. The average molecular weight is 340 g/mol. The van der Waals surface area contributed by atoms with Crippen LogP contribution in [0.2, 0.25) is 0 Å². The van der Waals surface area contributed by atoms with E-state index in [2.05, 4.69) is 4.74 Å². The van der Waals surface area contributed by atoms with Crippen molar-refractivity contribution < 1.29 is 23.8 Å². The van der Waals surface area contributed by atoms with E-state index in [1.165, 1.54) is 12.7 Å². The van der Waals surface area contributed by atoms with Crippen LogP contribution in [-0.4, -0.2) is 46.3 Å². The van der Waals surface area contributed by atoms with Crippen molar-refractivity contribution in [2.24, 2.45) is 11.8 Å². The molecular formula is C19H32O5. The van der Waals surface area contributed by atoms with E-state index >= 15 is 0 Å². The lowest BCUT2D eigenvalue weighted by Crippen LogP contribution is -2.17. The molecule has 0 N–H and O–H groups in total. The van der Waals surface area contributed by atoms with Gasteiger partial charge in [0.25, 0.3) is 0 Å². The van der Waals surface area contributed by atoms with Crippen LogP contribution in [0.25, 0.3) is 0 Å². The van der Waals surface area contributed by atoms with Crippen molar-refractivity contribution in [3.8, 4) is 0 Å². The largest absolute Gasteiger partial charge is 0.466 e. The Balaban J connectivity index is 0.000000254. The van der Waals surface area contributed by atoms with E-state index in [9.17, 15) is 9.59 Å². The number of allylic oxidation sites excluding steroid dienone is 1. The molecule has 24 heavy (non-hydrogen) atoms. The number of ether oxygens (including phenoxy) is 3. The van der Waals surface area contributed by atoms with Gasteiger partial charge in [0.1, 0.15) is 5.78 Å². The molecule has 0 aliphatic heterocycles. The summed E-state index contributed by atoms with van der Waals surface area (Å²) in [7, 11) is 4.87. The van der Waals surface area contributed by atoms with Crippen molar-refractivity contribution in [3.05, 3.63) is 11.6 Å². The number of methoxy groups -OCH3 is 3. The highest BCUT2D eigenvalue weighted by Gasteiger charge is 2.18. The molecule has 0 heterocycles. The topological polar surface area (TPSA) is 61.8 Å². The minimum Gasteiger partial charge on any atom is -0.466 e. The van der Waals surface area contributed by atoms with Gasteiger partial charge < -0.3 is 14.2 Å². The van der Waals surface area contributed by atoms with E-state index in [1.54, 1.807) is 20.3 Å². The molecule has 0 amide bonds. The van der Waals surface area contributed by atoms with Crippen LogP contribution in [0.15, 0.2) is 11.6 Å². The van der Waals surface area contributed by atoms with Crippen molar-refractivity contribution in [3.63, 3.8) is 0 Å². The predicted octanol–water partition coefficient (Wildman–Crippen LogP) is 3.31. The molecule has 2 aliphatic carbocycles. The maximum atomic E-state index is 11.0. The van der Waals surface area contributed by atoms with Crippen LogP contribution in [0.3, 0.4) is 0 Å². The molecule has 0 atom stereocenters. The van der Waals surface area contributed by atoms with E-state index in [-0.39, 0.29) is 5.97 Å². The Morgan fingerprint density at radius 1 is 0.917 bits per heavy atom. The number of hydrogen-bond donors (Lipinski definition) is 0. The molecule has 0 aromatic rings. The zero-order chi connectivity index (χ0) is 17.8. The Hall–Kier alpha value is -1.20. The van der Waals surface area contributed by atoms with Gasteiger partial charge in [-0.15, -0.1) is 0 Å². The summed E-state index contributed by atoms with van der Waals surface area (Å²) >= 11 is 0. The molecule has 5 nitrogen and oxygen atoms in total. The number of Topliss-reactive ketones (excluding diaryl/α,β-unsaturated/α-hetero) is 1. The van der Waals surface area contributed by atoms with Gasteiger partial charge in [0, 0.05) is 46.4 Å². The Kier molecular flexibility index (Phi) is 10.6. The van der Waals surface area contributed by atoms with Gasteiger partial charge in [-0.05, 0) is 50.4 Å². The number of carbonyl (C=O) groups is 2. The van der Waals surface area contributed by atoms with Gasteiger partial charge in [-0.2, -0.15) is 0 Å². The first-order chi connectivity index (χ1) is 11.6. The van der Waals surface area contributed by atoms with Crippen LogP contribution in [0.5, 0.6) is 0 Å². The number of rotatable bonds is 5. The van der Waals surface area contributed by atoms with Crippen LogP contribution in [0, 0.1) is 11.8 Å². The standard InChI is InChI=1S/C11H18O3.C8H14O2/c1-13-8-10-5-3-9(4-6-10)7-11(12)14-2;1-10-6-7-2-4-8(9)5-3-7/h7,10H,3-6,8H2,1-2H3;7H,2-6H2,1H3. The molecule has 0 spiro atoms. The first kappa shape index (κ1) is 20.8. The third kappa shape index (κ3) is 8.60. The average Bonchev–Trinajstić information content (AvgIpc) is 2.60. The van der Waals surface area contributed by atoms with Gasteiger partial charge in [-0.3, -0.25) is 4.79 Å². The first-order valence-electron chi connectivity index (χ1n) is 8.86. The summed E-state index contributed by atoms with van der Waals surface area (Å²) in [6.07, 6.45) is 9.49. The maximum absolute atomic E-state index is 11.0. The summed E-state index contributed by atoms with van der Waals surface area (Å²) in [5.41, 5.74) is 1.21. The van der Waals surface area contributed by atoms with Crippen molar-refractivity contribution in [2.75, 3.05) is 34.5 Å². The first-order valence-corrected chi connectivity index (χ1v) is 8.86. The minimum absolute atomic E-state index is 0.231. The lowest BCUT2D eigenvalue weighted by Gasteiger charge is -2.22. The Morgan fingerprint density at radius 2 is 1.38 bits per heavy atom. The van der Waals surface area contributed by atoms with E-state index in [0.29, 0.717) is 17.6 Å². The zero-order valence-electron chi connectivity index (χ0n) is 15.3. The van der Waals surface area contributed by atoms with Gasteiger partial charge in [0.05, 0.1) is 7.11 Å². The molecule has 138 valence electrons. The highest BCUT2D eigenvalue weighted by atomic mass is 16.5. The maximum Gasteiger partial charge on any atom is 0.330 e. The molecule has 5 heteroatoms. The second-order valence-corrected chi connectivity index (χ2v) is 6.66. The Bertz CT molecular complexity index is 396. The fourth-order valence-corrected chi connectivity index (χ4v) is 3.22. The lowest BCUT2D eigenvalue weighted by molar-refractivity contribution is -0.135. The SMILES string of the molecule is COCC1CCC(=CC(=O)OC)CC1.COCC1CCC(=O)CC1. The number of ketones is 1. The fourth-order valence-electron chi connectivity index (χ4n) is 3.22. The van der Waals surface area contributed by atoms with Crippen LogP contribution in [0.1, 0.15) is 51.4 Å². The summed E-state index contributed by atoms with van der Waals surface area (Å²) in [4.78, 5) is 21.7. The second kappa shape index (κ2) is 12.2. The number of hydrogen-bond acceptors (Lipinski definition) is 5. The molecule has 2 saturated carbocycles. The van der Waals surface area contributed by atoms with Crippen molar-refractivity contribution in [1.29, 1.82) is 0 Å². The molecule has 0 saturated heterocycles. The van der Waals surface area contributed by atoms with E-state index in [4.69, 9.17) is 9.47 Å². The third-order valence-corrected chi connectivity index (χ3v) is 4.74. The molecule has 2 fully saturated rings. The van der Waals surface area contributed by atoms with Gasteiger partial charge in [0.2, 0.25) is 0 Å². The highest BCUT2D eigenvalue weighted by Crippen LogP contribution is 2.28. The van der Waals surface area contributed by atoms with Crippen molar-refractivity contribution in [2.45, 2.75) is 51.4 Å². The summed E-state index contributed by atoms with van der Waals surface area (Å²) < 4.78 is 14.7. The Morgan fingerprint density at radius 3 is 1.79 bits per heavy atom. The van der Waals surface area contributed by atoms with Gasteiger partial charge >= 0.3 is 5.97 Å². The molecule has 2 rings (SSSR count). The molecule has 0 bridgehead atoms. The molecule has 0 aromatic carbocycles. The number of esters is 1. The minimum atomic E-state index is -0.231. The third-order valence-electron chi connectivity index (χ3n) is 4.74. The summed E-state index contributed by atoms with van der Waals surface area (Å²) in [6, 6.07) is 0. The molecule has 0 unspecified atom stereocenters. The second-order valence-electron chi connectivity index (χ2n) is 6.66. The summed E-state index contributed by atoms with van der Waals surface area (Å²) in [5, 5.41) is 0. The van der Waals surface area contributed by atoms with Crippen LogP contribution in [-0.2, 0) is 23.8 Å². The van der Waals surface area contributed by atoms with Crippen LogP contribution >= 0.6 is 0 Å². The monoisotopic (exact) mass is 340 g/mol. The van der Waals surface area contributed by atoms with Crippen LogP contribution < -0.4 is 0 Å². The van der Waals surface area contributed by atoms with Gasteiger partial charge in [-0.1, -0.05) is 5.57 Å². The van der Waals surface area contributed by atoms with E-state index in [0.717, 1.165) is 64.6 Å². The lowest BCUT2D eigenvalue weighted by atomic mass is 9.86. The molecule has 2 aliphatic rings.